The van der Waals surface area contributed by atoms with Gasteiger partial charge in [-0.3, -0.25) is 9.59 Å². The minimum absolute atomic E-state index is 0.0924. The van der Waals surface area contributed by atoms with Crippen molar-refractivity contribution in [2.45, 2.75) is 71.6 Å². The highest BCUT2D eigenvalue weighted by Crippen LogP contribution is 2.46. The Morgan fingerprint density at radius 3 is 2.59 bits per heavy atom. The van der Waals surface area contributed by atoms with Gasteiger partial charge in [0.15, 0.2) is 5.60 Å². The SMILES string of the molecule is CC(C)=CCC/C(C)=C/CN1C(=O)[C@@](O)([C@@H](C)/C=C/CC(=O)N2Cc3ccccc3C[C@H]2CO)c2cc(Br)ccc21. The fourth-order valence-electron chi connectivity index (χ4n) is 5.71. The molecule has 2 aliphatic heterocycles. The summed E-state index contributed by atoms with van der Waals surface area (Å²) in [7, 11) is 0. The first-order valence-corrected chi connectivity index (χ1v) is 15.1. The summed E-state index contributed by atoms with van der Waals surface area (Å²) in [6.45, 7) is 8.79. The van der Waals surface area contributed by atoms with E-state index in [0.29, 0.717) is 30.8 Å². The Bertz CT molecular complexity index is 1380. The standard InChI is InChI=1S/C34H41BrN2O4/c1-23(2)9-7-10-24(3)17-18-36-31-16-15-28(35)20-30(31)34(41,33(36)40)25(4)11-8-14-32(39)37-21-27-13-6-5-12-26(27)19-29(37)22-38/h5-6,8-9,11-13,15-17,20,25,29,38,41H,7,10,14,18-19,21-22H2,1-4H3/b11-8+,24-17+/t25-,29-,34+/m0/s1. The van der Waals surface area contributed by atoms with E-state index < -0.39 is 11.5 Å². The highest BCUT2D eigenvalue weighted by Gasteiger charge is 2.52. The highest BCUT2D eigenvalue weighted by atomic mass is 79.9. The zero-order valence-corrected chi connectivity index (χ0v) is 26.0. The van der Waals surface area contributed by atoms with Gasteiger partial charge in [-0.1, -0.05) is 82.6 Å². The van der Waals surface area contributed by atoms with Gasteiger partial charge in [0.1, 0.15) is 0 Å². The van der Waals surface area contributed by atoms with E-state index in [-0.39, 0.29) is 30.9 Å². The molecule has 7 heteroatoms. The Kier molecular flexibility index (Phi) is 10.1. The summed E-state index contributed by atoms with van der Waals surface area (Å²) >= 11 is 3.50. The molecule has 2 N–H and O–H groups in total. The maximum atomic E-state index is 13.8. The highest BCUT2D eigenvalue weighted by molar-refractivity contribution is 9.10. The van der Waals surface area contributed by atoms with Crippen LogP contribution >= 0.6 is 15.9 Å². The maximum absolute atomic E-state index is 13.8. The van der Waals surface area contributed by atoms with Gasteiger partial charge in [0.2, 0.25) is 5.91 Å². The number of carbonyl (C=O) groups excluding carboxylic acids is 2. The number of aliphatic hydroxyl groups excluding tert-OH is 1. The minimum atomic E-state index is -1.75. The molecule has 0 spiro atoms. The van der Waals surface area contributed by atoms with Crippen molar-refractivity contribution in [2.75, 3.05) is 18.1 Å². The monoisotopic (exact) mass is 620 g/mol. The number of fused-ring (bicyclic) bond motifs is 2. The molecule has 0 saturated carbocycles. The molecule has 2 heterocycles. The van der Waals surface area contributed by atoms with Crippen LogP contribution in [0, 0.1) is 5.92 Å². The van der Waals surface area contributed by atoms with Gasteiger partial charge >= 0.3 is 0 Å². The maximum Gasteiger partial charge on any atom is 0.264 e. The summed E-state index contributed by atoms with van der Waals surface area (Å²) < 4.78 is 0.782. The fraction of sp³-hybridized carbons (Fsp3) is 0.412. The number of amides is 2. The quantitative estimate of drug-likeness (QED) is 0.310. The average Bonchev–Trinajstić information content (AvgIpc) is 3.16. The molecule has 2 aromatic carbocycles. The number of rotatable bonds is 10. The third kappa shape index (κ3) is 6.74. The van der Waals surface area contributed by atoms with Crippen LogP contribution in [-0.4, -0.2) is 46.1 Å². The molecule has 6 nitrogen and oxygen atoms in total. The topological polar surface area (TPSA) is 81.1 Å². The number of hydrogen-bond donors (Lipinski definition) is 2. The summed E-state index contributed by atoms with van der Waals surface area (Å²) in [5, 5.41) is 21.9. The molecule has 2 aliphatic rings. The second-order valence-corrected chi connectivity index (χ2v) is 12.4. The summed E-state index contributed by atoms with van der Waals surface area (Å²) in [4.78, 5) is 30.4. The van der Waals surface area contributed by atoms with E-state index in [1.54, 1.807) is 28.9 Å². The number of halogens is 1. The first kappa shape index (κ1) is 30.9. The molecule has 2 amide bonds. The van der Waals surface area contributed by atoms with Gasteiger partial charge in [-0.2, -0.15) is 0 Å². The Morgan fingerprint density at radius 2 is 1.88 bits per heavy atom. The summed E-state index contributed by atoms with van der Waals surface area (Å²) in [5.74, 6) is -1.03. The zero-order valence-electron chi connectivity index (χ0n) is 24.4. The molecule has 0 aliphatic carbocycles. The van der Waals surface area contributed by atoms with Crippen LogP contribution in [0.25, 0.3) is 0 Å². The van der Waals surface area contributed by atoms with Crippen LogP contribution in [-0.2, 0) is 28.2 Å². The number of aliphatic hydroxyl groups is 2. The van der Waals surface area contributed by atoms with E-state index in [2.05, 4.69) is 48.9 Å². The summed E-state index contributed by atoms with van der Waals surface area (Å²) in [5.41, 5.74) is 4.24. The first-order chi connectivity index (χ1) is 19.6. The van der Waals surface area contributed by atoms with Crippen molar-refractivity contribution in [3.05, 3.63) is 99.1 Å². The number of anilines is 1. The van der Waals surface area contributed by atoms with E-state index >= 15 is 0 Å². The number of benzene rings is 2. The third-order valence-electron chi connectivity index (χ3n) is 8.21. The number of carbonyl (C=O) groups is 2. The zero-order chi connectivity index (χ0) is 29.7. The van der Waals surface area contributed by atoms with Crippen molar-refractivity contribution in [3.63, 3.8) is 0 Å². The van der Waals surface area contributed by atoms with Crippen molar-refractivity contribution in [1.29, 1.82) is 0 Å². The van der Waals surface area contributed by atoms with Gasteiger partial charge < -0.3 is 20.0 Å². The number of nitrogens with zero attached hydrogens (tertiary/aromatic N) is 2. The molecule has 0 bridgehead atoms. The Balaban J connectivity index is 1.48. The van der Waals surface area contributed by atoms with Crippen LogP contribution in [0.3, 0.4) is 0 Å². The fourth-order valence-corrected chi connectivity index (χ4v) is 6.07. The molecule has 2 aromatic rings. The lowest BCUT2D eigenvalue weighted by Gasteiger charge is -2.36. The van der Waals surface area contributed by atoms with E-state index in [1.165, 1.54) is 11.1 Å². The average molecular weight is 622 g/mol. The van der Waals surface area contributed by atoms with Crippen molar-refractivity contribution in [1.82, 2.24) is 4.90 Å². The molecule has 0 unspecified atom stereocenters. The lowest BCUT2D eigenvalue weighted by molar-refractivity contribution is -0.139. The van der Waals surface area contributed by atoms with Crippen molar-refractivity contribution in [3.8, 4) is 0 Å². The second-order valence-electron chi connectivity index (χ2n) is 11.5. The lowest BCUT2D eigenvalue weighted by atomic mass is 9.83. The van der Waals surface area contributed by atoms with Gasteiger partial charge in [0.05, 0.1) is 18.3 Å². The molecular formula is C34H41BrN2O4. The van der Waals surface area contributed by atoms with E-state index in [0.717, 1.165) is 28.4 Å². The van der Waals surface area contributed by atoms with Crippen molar-refractivity contribution < 1.29 is 19.8 Å². The predicted molar refractivity (Wildman–Crippen MR) is 167 cm³/mol. The van der Waals surface area contributed by atoms with Crippen LogP contribution < -0.4 is 4.90 Å². The van der Waals surface area contributed by atoms with Gasteiger partial charge in [0.25, 0.3) is 5.91 Å². The molecule has 0 fully saturated rings. The summed E-state index contributed by atoms with van der Waals surface area (Å²) in [6.07, 6.45) is 10.4. The molecule has 0 radical (unpaired) electrons. The predicted octanol–water partition coefficient (Wildman–Crippen LogP) is 6.20. The van der Waals surface area contributed by atoms with Crippen LogP contribution in [0.15, 0.2) is 82.4 Å². The van der Waals surface area contributed by atoms with E-state index in [9.17, 15) is 19.8 Å². The number of hydrogen-bond acceptors (Lipinski definition) is 4. The normalized spacial score (nSPS) is 21.2. The molecule has 41 heavy (non-hydrogen) atoms. The summed E-state index contributed by atoms with van der Waals surface area (Å²) in [6, 6.07) is 13.3. The molecular weight excluding hydrogens is 580 g/mol. The van der Waals surface area contributed by atoms with Gasteiger partial charge in [-0.25, -0.2) is 0 Å². The molecule has 218 valence electrons. The molecule has 0 aromatic heterocycles. The van der Waals surface area contributed by atoms with E-state index in [1.807, 2.05) is 42.5 Å². The van der Waals surface area contributed by atoms with Crippen LogP contribution in [0.4, 0.5) is 5.69 Å². The van der Waals surface area contributed by atoms with Crippen molar-refractivity contribution >= 4 is 33.4 Å². The minimum Gasteiger partial charge on any atom is -0.394 e. The smallest absolute Gasteiger partial charge is 0.264 e. The van der Waals surface area contributed by atoms with Crippen LogP contribution in [0.5, 0.6) is 0 Å². The van der Waals surface area contributed by atoms with Crippen molar-refractivity contribution in [2.24, 2.45) is 5.92 Å². The Labute approximate surface area is 252 Å². The Hall–Kier alpha value is -3.00. The largest absolute Gasteiger partial charge is 0.394 e. The van der Waals surface area contributed by atoms with Gasteiger partial charge in [-0.15, -0.1) is 0 Å². The van der Waals surface area contributed by atoms with Gasteiger partial charge in [-0.05, 0) is 69.4 Å². The number of allylic oxidation sites excluding steroid dienone is 3. The molecule has 3 atom stereocenters. The Morgan fingerprint density at radius 1 is 1.15 bits per heavy atom. The molecule has 4 rings (SSSR count). The third-order valence-corrected chi connectivity index (χ3v) is 8.70. The lowest BCUT2D eigenvalue weighted by Crippen LogP contribution is -2.46. The van der Waals surface area contributed by atoms with Crippen LogP contribution in [0.2, 0.25) is 0 Å². The second kappa shape index (κ2) is 13.3. The molecule has 0 saturated heterocycles. The van der Waals surface area contributed by atoms with Crippen LogP contribution in [0.1, 0.15) is 63.6 Å². The van der Waals surface area contributed by atoms with Gasteiger partial charge in [0, 0.05) is 35.5 Å². The van der Waals surface area contributed by atoms with E-state index in [4.69, 9.17) is 0 Å². The first-order valence-electron chi connectivity index (χ1n) is 14.3.